The number of aromatic amines is 1. The van der Waals surface area contributed by atoms with Crippen LogP contribution in [0.1, 0.15) is 87.5 Å². The van der Waals surface area contributed by atoms with E-state index in [4.69, 9.17) is 14.2 Å². The number of nitrogens with one attached hydrogen (secondary N) is 1. The zero-order chi connectivity index (χ0) is 28.8. The third-order valence-electron chi connectivity index (χ3n) is 12.5. The molecule has 0 bridgehead atoms. The van der Waals surface area contributed by atoms with Crippen molar-refractivity contribution in [2.75, 3.05) is 6.61 Å². The van der Waals surface area contributed by atoms with E-state index in [-0.39, 0.29) is 18.2 Å². The second kappa shape index (κ2) is 9.69. The fourth-order valence-corrected chi connectivity index (χ4v) is 10.4. The summed E-state index contributed by atoms with van der Waals surface area (Å²) >= 11 is 0. The molecule has 3 aliphatic carbocycles. The van der Waals surface area contributed by atoms with Gasteiger partial charge < -0.3 is 19.2 Å². The molecule has 9 atom stereocenters. The fraction of sp³-hybridized carbons (Fsp3) is 0.595. The number of hydrogen-bond acceptors (Lipinski definition) is 4. The van der Waals surface area contributed by atoms with Gasteiger partial charge in [0.2, 0.25) is 0 Å². The summed E-state index contributed by atoms with van der Waals surface area (Å²) in [7, 11) is 0. The van der Waals surface area contributed by atoms with E-state index in [9.17, 15) is 4.79 Å². The molecule has 1 aromatic heterocycles. The third kappa shape index (κ3) is 4.06. The maximum atomic E-state index is 13.0. The molecular weight excluding hydrogens is 522 g/mol. The second-order valence-electron chi connectivity index (χ2n) is 14.8. The van der Waals surface area contributed by atoms with Gasteiger partial charge in [0.15, 0.2) is 5.79 Å². The van der Waals surface area contributed by atoms with Crippen LogP contribution in [0.3, 0.4) is 0 Å². The van der Waals surface area contributed by atoms with Gasteiger partial charge in [-0.05, 0) is 121 Å². The van der Waals surface area contributed by atoms with Gasteiger partial charge in [-0.3, -0.25) is 4.79 Å². The minimum absolute atomic E-state index is 0.208. The highest BCUT2D eigenvalue weighted by molar-refractivity contribution is 5.88. The molecule has 5 nitrogen and oxygen atoms in total. The fourth-order valence-electron chi connectivity index (χ4n) is 10.4. The summed E-state index contributed by atoms with van der Waals surface area (Å²) < 4.78 is 19.3. The minimum Gasteiger partial charge on any atom is -0.426 e. The molecule has 5 heteroatoms. The molecule has 3 aromatic rings. The number of aromatic nitrogens is 1. The highest BCUT2D eigenvalue weighted by Crippen LogP contribution is 2.69. The first kappa shape index (κ1) is 27.0. The van der Waals surface area contributed by atoms with Crippen LogP contribution in [-0.2, 0) is 27.1 Å². The molecule has 3 heterocycles. The molecule has 0 amide bonds. The van der Waals surface area contributed by atoms with Gasteiger partial charge in [-0.2, -0.15) is 0 Å². The van der Waals surface area contributed by atoms with E-state index >= 15 is 0 Å². The van der Waals surface area contributed by atoms with Gasteiger partial charge in [0.05, 0.1) is 19.1 Å². The second-order valence-corrected chi connectivity index (χ2v) is 14.8. The summed E-state index contributed by atoms with van der Waals surface area (Å²) in [5.74, 6) is 3.84. The molecule has 2 aromatic carbocycles. The highest BCUT2D eigenvalue weighted by Gasteiger charge is 2.67. The number of fused-ring (bicyclic) bond motifs is 8. The zero-order valence-corrected chi connectivity index (χ0v) is 25.6. The number of H-pyrrole nitrogens is 1. The molecule has 42 heavy (non-hydrogen) atoms. The van der Waals surface area contributed by atoms with Crippen molar-refractivity contribution in [3.63, 3.8) is 0 Å². The van der Waals surface area contributed by atoms with Crippen LogP contribution in [-0.4, -0.2) is 29.5 Å². The molecule has 1 spiro atoms. The number of rotatable bonds is 3. The van der Waals surface area contributed by atoms with Crippen molar-refractivity contribution in [1.29, 1.82) is 0 Å². The number of hydrogen-bond donors (Lipinski definition) is 1. The Morgan fingerprint density at radius 2 is 1.98 bits per heavy atom. The molecule has 2 aliphatic heterocycles. The van der Waals surface area contributed by atoms with Crippen LogP contribution in [0.25, 0.3) is 10.9 Å². The maximum Gasteiger partial charge on any atom is 0.315 e. The summed E-state index contributed by atoms with van der Waals surface area (Å²) in [6.07, 6.45) is 10.8. The van der Waals surface area contributed by atoms with Crippen LogP contribution in [0.4, 0.5) is 0 Å². The Morgan fingerprint density at radius 3 is 2.81 bits per heavy atom. The lowest BCUT2D eigenvalue weighted by atomic mass is 9.53. The van der Waals surface area contributed by atoms with E-state index < -0.39 is 0 Å². The van der Waals surface area contributed by atoms with Gasteiger partial charge in [-0.15, -0.1) is 0 Å². The molecule has 8 rings (SSSR count). The molecular formula is C37H45NO4. The van der Waals surface area contributed by atoms with E-state index in [2.05, 4.69) is 63.0 Å². The number of carbonyl (C=O) groups is 1. The summed E-state index contributed by atoms with van der Waals surface area (Å²) in [6, 6.07) is 12.7. The predicted octanol–water partition coefficient (Wildman–Crippen LogP) is 7.88. The number of ether oxygens (including phenoxy) is 3. The number of benzene rings is 2. The SMILES string of the molecule is Cc1ccc2[nH]cc(CC(=O)Oc3ccc4c(c3)CC[C@@H]3[C@@H]4CC[C@]4(C)[C@@H]5[C@H](C[C@@H]34)O[C@]3(CC[C@@H](C)CO3)[C@H]5C)c2c1. The smallest absolute Gasteiger partial charge is 0.315 e. The normalized spacial score (nSPS) is 38.6. The van der Waals surface area contributed by atoms with Crippen molar-refractivity contribution in [2.45, 2.75) is 96.9 Å². The van der Waals surface area contributed by atoms with Crippen molar-refractivity contribution in [3.05, 3.63) is 64.8 Å². The summed E-state index contributed by atoms with van der Waals surface area (Å²) in [6.45, 7) is 10.2. The van der Waals surface area contributed by atoms with Gasteiger partial charge in [-0.25, -0.2) is 0 Å². The number of esters is 1. The number of carbonyl (C=O) groups excluding carboxylic acids is 1. The lowest BCUT2D eigenvalue weighted by Crippen LogP contribution is -2.48. The predicted molar refractivity (Wildman–Crippen MR) is 163 cm³/mol. The highest BCUT2D eigenvalue weighted by atomic mass is 16.7. The third-order valence-corrected chi connectivity index (χ3v) is 12.5. The molecule has 1 N–H and O–H groups in total. The molecule has 5 aliphatic rings. The minimum atomic E-state index is -0.340. The summed E-state index contributed by atoms with van der Waals surface area (Å²) in [4.78, 5) is 16.2. The number of aryl methyl sites for hydroxylation is 2. The topological polar surface area (TPSA) is 60.6 Å². The van der Waals surface area contributed by atoms with Gasteiger partial charge in [0.25, 0.3) is 0 Å². The zero-order valence-electron chi connectivity index (χ0n) is 25.6. The summed E-state index contributed by atoms with van der Waals surface area (Å²) in [5, 5.41) is 1.10. The maximum absolute atomic E-state index is 13.0. The van der Waals surface area contributed by atoms with E-state index in [0.717, 1.165) is 35.9 Å². The van der Waals surface area contributed by atoms with E-state index in [1.807, 2.05) is 12.3 Å². The van der Waals surface area contributed by atoms with E-state index in [0.29, 0.717) is 52.8 Å². The Hall–Kier alpha value is -2.63. The van der Waals surface area contributed by atoms with Crippen molar-refractivity contribution < 1.29 is 19.0 Å². The molecule has 0 unspecified atom stereocenters. The quantitative estimate of drug-likeness (QED) is 0.258. The van der Waals surface area contributed by atoms with Crippen LogP contribution in [0.15, 0.2) is 42.6 Å². The van der Waals surface area contributed by atoms with Gasteiger partial charge in [0, 0.05) is 29.4 Å². The van der Waals surface area contributed by atoms with Crippen LogP contribution >= 0.6 is 0 Å². The average molecular weight is 568 g/mol. The average Bonchev–Trinajstić information content (AvgIpc) is 3.59. The molecule has 0 radical (unpaired) electrons. The lowest BCUT2D eigenvalue weighted by Gasteiger charge is -2.52. The standard InChI is InChI=1S/C37H45NO4/c1-21-5-10-32-30(15-21)25(19-38-32)17-34(39)41-26-7-9-27-24(16-26)6-8-29-28(27)12-13-36(4)31(29)18-33-35(36)23(3)37(42-33)14-11-22(2)20-40-37/h5,7,9-10,15-16,19,22-23,28-29,31,33,35,38H,6,8,11-14,17-18,20H2,1-4H3/t22-,23+,28-,29-,31+,33+,35+,36+,37-/m1/s1. The first-order valence-corrected chi connectivity index (χ1v) is 16.5. The van der Waals surface area contributed by atoms with Gasteiger partial charge >= 0.3 is 5.97 Å². The Morgan fingerprint density at radius 1 is 1.10 bits per heavy atom. The van der Waals surface area contributed by atoms with Crippen molar-refractivity contribution in [2.24, 2.45) is 35.0 Å². The van der Waals surface area contributed by atoms with Gasteiger partial charge in [-0.1, -0.05) is 38.5 Å². The van der Waals surface area contributed by atoms with Crippen molar-refractivity contribution in [1.82, 2.24) is 4.98 Å². The van der Waals surface area contributed by atoms with Crippen molar-refractivity contribution in [3.8, 4) is 5.75 Å². The van der Waals surface area contributed by atoms with Crippen LogP contribution in [0.2, 0.25) is 0 Å². The molecule has 4 fully saturated rings. The molecule has 2 saturated carbocycles. The summed E-state index contributed by atoms with van der Waals surface area (Å²) in [5.41, 5.74) is 6.42. The molecule has 222 valence electrons. The van der Waals surface area contributed by atoms with E-state index in [1.165, 1.54) is 48.8 Å². The van der Waals surface area contributed by atoms with Crippen LogP contribution in [0, 0.1) is 41.9 Å². The van der Waals surface area contributed by atoms with Crippen molar-refractivity contribution >= 4 is 16.9 Å². The van der Waals surface area contributed by atoms with Crippen LogP contribution in [0.5, 0.6) is 5.75 Å². The van der Waals surface area contributed by atoms with Crippen LogP contribution < -0.4 is 4.74 Å². The largest absolute Gasteiger partial charge is 0.426 e. The Balaban J connectivity index is 0.971. The first-order chi connectivity index (χ1) is 20.2. The monoisotopic (exact) mass is 567 g/mol. The Kier molecular flexibility index (Phi) is 6.22. The van der Waals surface area contributed by atoms with E-state index in [1.54, 1.807) is 0 Å². The first-order valence-electron chi connectivity index (χ1n) is 16.5. The lowest BCUT2D eigenvalue weighted by molar-refractivity contribution is -0.272. The molecule has 2 saturated heterocycles. The Labute approximate surface area is 249 Å². The van der Waals surface area contributed by atoms with Gasteiger partial charge in [0.1, 0.15) is 5.75 Å². The Bertz CT molecular complexity index is 1530.